The number of nitrogen functional groups attached to an aromatic ring is 1. The SMILES string of the molecule is C[C@@H](C(N)=O)c1ccccc1N. The average molecular weight is 164 g/mol. The van der Waals surface area contributed by atoms with Crippen molar-refractivity contribution in [2.24, 2.45) is 5.73 Å². The number of anilines is 1. The van der Waals surface area contributed by atoms with E-state index in [1.165, 1.54) is 0 Å². The summed E-state index contributed by atoms with van der Waals surface area (Å²) in [6.07, 6.45) is 0. The van der Waals surface area contributed by atoms with Crippen LogP contribution in [0.5, 0.6) is 0 Å². The van der Waals surface area contributed by atoms with Crippen LogP contribution in [-0.2, 0) is 4.79 Å². The Bertz CT molecular complexity index is 296. The van der Waals surface area contributed by atoms with Crippen LogP contribution in [0.3, 0.4) is 0 Å². The Morgan fingerprint density at radius 3 is 2.50 bits per heavy atom. The molecule has 1 rings (SSSR count). The smallest absolute Gasteiger partial charge is 0.224 e. The Balaban J connectivity index is 3.02. The lowest BCUT2D eigenvalue weighted by atomic mass is 9.99. The Kier molecular flexibility index (Phi) is 2.33. The van der Waals surface area contributed by atoms with E-state index in [2.05, 4.69) is 0 Å². The van der Waals surface area contributed by atoms with E-state index in [9.17, 15) is 4.79 Å². The molecule has 0 aliphatic carbocycles. The van der Waals surface area contributed by atoms with E-state index in [1.807, 2.05) is 18.2 Å². The predicted octanol–water partition coefficient (Wildman–Crippen LogP) is 0.858. The van der Waals surface area contributed by atoms with E-state index in [-0.39, 0.29) is 11.8 Å². The van der Waals surface area contributed by atoms with Crippen LogP contribution in [0.25, 0.3) is 0 Å². The van der Waals surface area contributed by atoms with E-state index in [0.29, 0.717) is 5.69 Å². The average Bonchev–Trinajstić information content (AvgIpc) is 2.04. The van der Waals surface area contributed by atoms with Gasteiger partial charge >= 0.3 is 0 Å². The molecule has 1 aromatic carbocycles. The summed E-state index contributed by atoms with van der Waals surface area (Å²) in [5, 5.41) is 0. The number of amides is 1. The maximum atomic E-state index is 10.8. The summed E-state index contributed by atoms with van der Waals surface area (Å²) < 4.78 is 0. The number of hydrogen-bond donors (Lipinski definition) is 2. The number of benzene rings is 1. The second-order valence-corrected chi connectivity index (χ2v) is 2.75. The maximum absolute atomic E-state index is 10.8. The Morgan fingerprint density at radius 1 is 1.42 bits per heavy atom. The summed E-state index contributed by atoms with van der Waals surface area (Å²) in [5.41, 5.74) is 12.2. The van der Waals surface area contributed by atoms with Gasteiger partial charge in [0, 0.05) is 5.69 Å². The highest BCUT2D eigenvalue weighted by molar-refractivity contribution is 5.83. The van der Waals surface area contributed by atoms with Gasteiger partial charge in [0.15, 0.2) is 0 Å². The number of para-hydroxylation sites is 1. The van der Waals surface area contributed by atoms with Crippen molar-refractivity contribution in [1.29, 1.82) is 0 Å². The molecule has 64 valence electrons. The first kappa shape index (κ1) is 8.59. The van der Waals surface area contributed by atoms with Crippen molar-refractivity contribution in [3.63, 3.8) is 0 Å². The lowest BCUT2D eigenvalue weighted by Crippen LogP contribution is -2.19. The molecule has 0 radical (unpaired) electrons. The fraction of sp³-hybridized carbons (Fsp3) is 0.222. The molecule has 0 heterocycles. The lowest BCUT2D eigenvalue weighted by molar-refractivity contribution is -0.119. The third-order valence-electron chi connectivity index (χ3n) is 1.89. The summed E-state index contributed by atoms with van der Waals surface area (Å²) in [4.78, 5) is 10.8. The van der Waals surface area contributed by atoms with Gasteiger partial charge in [-0.05, 0) is 18.6 Å². The van der Waals surface area contributed by atoms with Gasteiger partial charge in [0.1, 0.15) is 0 Å². The topological polar surface area (TPSA) is 69.1 Å². The number of primary amides is 1. The summed E-state index contributed by atoms with van der Waals surface area (Å²) in [6, 6.07) is 7.23. The summed E-state index contributed by atoms with van der Waals surface area (Å²) >= 11 is 0. The van der Waals surface area contributed by atoms with E-state index in [0.717, 1.165) is 5.56 Å². The third-order valence-corrected chi connectivity index (χ3v) is 1.89. The molecular formula is C9H12N2O. The molecule has 0 spiro atoms. The molecular weight excluding hydrogens is 152 g/mol. The highest BCUT2D eigenvalue weighted by Gasteiger charge is 2.13. The fourth-order valence-electron chi connectivity index (χ4n) is 1.06. The Labute approximate surface area is 71.4 Å². The molecule has 3 nitrogen and oxygen atoms in total. The minimum atomic E-state index is -0.354. The zero-order valence-corrected chi connectivity index (χ0v) is 6.95. The first-order chi connectivity index (χ1) is 5.63. The minimum absolute atomic E-state index is 0.314. The van der Waals surface area contributed by atoms with Gasteiger partial charge in [0.2, 0.25) is 5.91 Å². The van der Waals surface area contributed by atoms with Gasteiger partial charge < -0.3 is 11.5 Å². The van der Waals surface area contributed by atoms with Crippen molar-refractivity contribution in [1.82, 2.24) is 0 Å². The molecule has 3 heteroatoms. The maximum Gasteiger partial charge on any atom is 0.224 e. The summed E-state index contributed by atoms with van der Waals surface area (Å²) in [7, 11) is 0. The summed E-state index contributed by atoms with van der Waals surface area (Å²) in [5.74, 6) is -0.668. The molecule has 0 aliphatic rings. The Hall–Kier alpha value is -1.51. The van der Waals surface area contributed by atoms with E-state index >= 15 is 0 Å². The molecule has 0 unspecified atom stereocenters. The quantitative estimate of drug-likeness (QED) is 0.636. The molecule has 0 saturated heterocycles. The minimum Gasteiger partial charge on any atom is -0.398 e. The highest BCUT2D eigenvalue weighted by atomic mass is 16.1. The molecule has 0 bridgehead atoms. The number of carbonyl (C=O) groups excluding carboxylic acids is 1. The van der Waals surface area contributed by atoms with Gasteiger partial charge in [-0.1, -0.05) is 18.2 Å². The van der Waals surface area contributed by atoms with Gasteiger partial charge in [-0.3, -0.25) is 4.79 Å². The largest absolute Gasteiger partial charge is 0.398 e. The zero-order chi connectivity index (χ0) is 9.14. The molecule has 0 saturated carbocycles. The second kappa shape index (κ2) is 3.26. The molecule has 12 heavy (non-hydrogen) atoms. The second-order valence-electron chi connectivity index (χ2n) is 2.75. The predicted molar refractivity (Wildman–Crippen MR) is 48.5 cm³/mol. The van der Waals surface area contributed by atoms with E-state index in [4.69, 9.17) is 11.5 Å². The summed E-state index contributed by atoms with van der Waals surface area (Å²) in [6.45, 7) is 1.74. The van der Waals surface area contributed by atoms with Crippen molar-refractivity contribution < 1.29 is 4.79 Å². The number of nitrogens with two attached hydrogens (primary N) is 2. The molecule has 0 aliphatic heterocycles. The zero-order valence-electron chi connectivity index (χ0n) is 6.95. The van der Waals surface area contributed by atoms with Crippen LogP contribution in [0.4, 0.5) is 5.69 Å². The first-order valence-electron chi connectivity index (χ1n) is 3.76. The van der Waals surface area contributed by atoms with Gasteiger partial charge in [-0.15, -0.1) is 0 Å². The molecule has 1 aromatic rings. The standard InChI is InChI=1S/C9H12N2O/c1-6(9(11)12)7-4-2-3-5-8(7)10/h2-6H,10H2,1H3,(H2,11,12)/t6-/m1/s1. The number of hydrogen-bond acceptors (Lipinski definition) is 2. The Morgan fingerprint density at radius 2 is 2.00 bits per heavy atom. The van der Waals surface area contributed by atoms with Gasteiger partial charge in [-0.2, -0.15) is 0 Å². The van der Waals surface area contributed by atoms with Crippen LogP contribution < -0.4 is 11.5 Å². The molecule has 0 fully saturated rings. The van der Waals surface area contributed by atoms with Gasteiger partial charge in [0.05, 0.1) is 5.92 Å². The fourth-order valence-corrected chi connectivity index (χ4v) is 1.06. The van der Waals surface area contributed by atoms with Gasteiger partial charge in [-0.25, -0.2) is 0 Å². The van der Waals surface area contributed by atoms with Crippen molar-refractivity contribution in [2.45, 2.75) is 12.8 Å². The normalized spacial score (nSPS) is 12.4. The highest BCUT2D eigenvalue weighted by Crippen LogP contribution is 2.20. The van der Waals surface area contributed by atoms with E-state index < -0.39 is 0 Å². The lowest BCUT2D eigenvalue weighted by Gasteiger charge is -2.09. The van der Waals surface area contributed by atoms with Crippen LogP contribution in [0, 0.1) is 0 Å². The molecule has 1 amide bonds. The molecule has 0 aromatic heterocycles. The van der Waals surface area contributed by atoms with Gasteiger partial charge in [0.25, 0.3) is 0 Å². The van der Waals surface area contributed by atoms with Crippen LogP contribution >= 0.6 is 0 Å². The van der Waals surface area contributed by atoms with E-state index in [1.54, 1.807) is 13.0 Å². The monoisotopic (exact) mass is 164 g/mol. The van der Waals surface area contributed by atoms with Crippen LogP contribution in [0.1, 0.15) is 18.4 Å². The van der Waals surface area contributed by atoms with Crippen LogP contribution in [0.15, 0.2) is 24.3 Å². The number of rotatable bonds is 2. The van der Waals surface area contributed by atoms with Crippen molar-refractivity contribution >= 4 is 11.6 Å². The molecule has 4 N–H and O–H groups in total. The van der Waals surface area contributed by atoms with Crippen molar-refractivity contribution in [3.8, 4) is 0 Å². The van der Waals surface area contributed by atoms with Crippen LogP contribution in [-0.4, -0.2) is 5.91 Å². The third kappa shape index (κ3) is 1.56. The van der Waals surface area contributed by atoms with Crippen molar-refractivity contribution in [2.75, 3.05) is 5.73 Å². The molecule has 1 atom stereocenters. The van der Waals surface area contributed by atoms with Crippen LogP contribution in [0.2, 0.25) is 0 Å². The van der Waals surface area contributed by atoms with Crippen molar-refractivity contribution in [3.05, 3.63) is 29.8 Å². The first-order valence-corrected chi connectivity index (χ1v) is 3.76. The number of carbonyl (C=O) groups is 1.